The van der Waals surface area contributed by atoms with Gasteiger partial charge in [0.05, 0.1) is 6.61 Å². The Bertz CT molecular complexity index is 599. The molecule has 0 amide bonds. The molecular formula is C21H28OSi. The Labute approximate surface area is 142 Å². The van der Waals surface area contributed by atoms with Crippen LogP contribution in [0, 0.1) is 0 Å². The molecule has 23 heavy (non-hydrogen) atoms. The lowest BCUT2D eigenvalue weighted by atomic mass is 10.2. The standard InChI is InChI=1S/C21H28OSi/c1-18(16-22-5)17-23(21(2,3)4,19-12-8-6-9-13-19)20-14-10-7-11-15-20/h6-15,17H,16H2,1-5H3/b18-17+. The minimum atomic E-state index is -2.09. The van der Waals surface area contributed by atoms with Gasteiger partial charge in [-0.1, -0.05) is 92.7 Å². The van der Waals surface area contributed by atoms with Crippen molar-refractivity contribution in [2.24, 2.45) is 0 Å². The highest BCUT2D eigenvalue weighted by Crippen LogP contribution is 2.37. The Balaban J connectivity index is 2.78. The molecule has 1 nitrogen and oxygen atoms in total. The van der Waals surface area contributed by atoms with Gasteiger partial charge in [-0.25, -0.2) is 0 Å². The number of hydrogen-bond donors (Lipinski definition) is 0. The summed E-state index contributed by atoms with van der Waals surface area (Å²) in [6, 6.07) is 22.0. The highest BCUT2D eigenvalue weighted by atomic mass is 28.3. The van der Waals surface area contributed by atoms with Crippen molar-refractivity contribution in [1.82, 2.24) is 0 Å². The van der Waals surface area contributed by atoms with Gasteiger partial charge < -0.3 is 4.74 Å². The molecule has 0 saturated carbocycles. The number of rotatable bonds is 5. The van der Waals surface area contributed by atoms with Crippen molar-refractivity contribution in [1.29, 1.82) is 0 Å². The first-order valence-corrected chi connectivity index (χ1v) is 10.3. The van der Waals surface area contributed by atoms with E-state index in [1.165, 1.54) is 15.9 Å². The molecule has 2 heteroatoms. The molecular weight excluding hydrogens is 296 g/mol. The number of hydrogen-bond acceptors (Lipinski definition) is 1. The molecule has 0 unspecified atom stereocenters. The Morgan fingerprint density at radius 3 is 1.70 bits per heavy atom. The Morgan fingerprint density at radius 2 is 1.35 bits per heavy atom. The van der Waals surface area contributed by atoms with Crippen molar-refractivity contribution in [3.63, 3.8) is 0 Å². The highest BCUT2D eigenvalue weighted by molar-refractivity contribution is 7.07. The summed E-state index contributed by atoms with van der Waals surface area (Å²) in [5.41, 5.74) is 3.84. The van der Waals surface area contributed by atoms with Gasteiger partial charge in [0.2, 0.25) is 0 Å². The van der Waals surface area contributed by atoms with E-state index in [0.29, 0.717) is 6.61 Å². The molecule has 0 fully saturated rings. The van der Waals surface area contributed by atoms with Crippen LogP contribution in [0.25, 0.3) is 0 Å². The lowest BCUT2D eigenvalue weighted by Gasteiger charge is -2.42. The van der Waals surface area contributed by atoms with Crippen LogP contribution in [0.3, 0.4) is 0 Å². The molecule has 0 N–H and O–H groups in total. The average Bonchev–Trinajstić information content (AvgIpc) is 2.53. The largest absolute Gasteiger partial charge is 0.380 e. The third-order valence-corrected chi connectivity index (χ3v) is 10.3. The fourth-order valence-electron chi connectivity index (χ4n) is 3.46. The molecule has 2 rings (SSSR count). The Hall–Kier alpha value is -1.64. The van der Waals surface area contributed by atoms with Crippen LogP contribution in [0.4, 0.5) is 0 Å². The van der Waals surface area contributed by atoms with Gasteiger partial charge >= 0.3 is 0 Å². The Kier molecular flexibility index (Phi) is 5.61. The van der Waals surface area contributed by atoms with E-state index in [0.717, 1.165) is 0 Å². The van der Waals surface area contributed by atoms with Gasteiger partial charge in [-0.15, -0.1) is 0 Å². The van der Waals surface area contributed by atoms with E-state index in [1.54, 1.807) is 7.11 Å². The summed E-state index contributed by atoms with van der Waals surface area (Å²) < 4.78 is 5.39. The molecule has 0 aliphatic carbocycles. The van der Waals surface area contributed by atoms with Crippen molar-refractivity contribution in [2.45, 2.75) is 32.7 Å². The molecule has 0 heterocycles. The van der Waals surface area contributed by atoms with Gasteiger partial charge in [-0.3, -0.25) is 0 Å². The molecule has 0 saturated heterocycles. The molecule has 2 aromatic rings. The summed E-state index contributed by atoms with van der Waals surface area (Å²) in [4.78, 5) is 0. The third-order valence-electron chi connectivity index (χ3n) is 4.48. The predicted octanol–water partition coefficient (Wildman–Crippen LogP) is 4.18. The van der Waals surface area contributed by atoms with Gasteiger partial charge in [-0.05, 0) is 22.3 Å². The van der Waals surface area contributed by atoms with Crippen LogP contribution in [0.15, 0.2) is 71.9 Å². The number of benzene rings is 2. The fraction of sp³-hybridized carbons (Fsp3) is 0.333. The summed E-state index contributed by atoms with van der Waals surface area (Å²) in [6.07, 6.45) is 0. The van der Waals surface area contributed by atoms with Gasteiger partial charge in [0.1, 0.15) is 8.07 Å². The number of methoxy groups -OCH3 is 1. The summed E-state index contributed by atoms with van der Waals surface area (Å²) in [6.45, 7) is 9.98. The molecule has 0 aliphatic rings. The second-order valence-corrected chi connectivity index (χ2v) is 11.8. The van der Waals surface area contributed by atoms with Gasteiger partial charge in [0.25, 0.3) is 0 Å². The minimum absolute atomic E-state index is 0.157. The average molecular weight is 325 g/mol. The maximum atomic E-state index is 5.39. The molecule has 0 spiro atoms. The first-order valence-electron chi connectivity index (χ1n) is 8.20. The first kappa shape index (κ1) is 17.7. The highest BCUT2D eigenvalue weighted by Gasteiger charge is 2.45. The monoisotopic (exact) mass is 324 g/mol. The summed E-state index contributed by atoms with van der Waals surface area (Å²) in [5, 5.41) is 3.06. The molecule has 0 aliphatic heterocycles. The van der Waals surface area contributed by atoms with Crippen LogP contribution >= 0.6 is 0 Å². The molecule has 0 bridgehead atoms. The van der Waals surface area contributed by atoms with Crippen LogP contribution in [0.1, 0.15) is 27.7 Å². The predicted molar refractivity (Wildman–Crippen MR) is 103 cm³/mol. The second-order valence-electron chi connectivity index (χ2n) is 7.21. The third kappa shape index (κ3) is 3.65. The lowest BCUT2D eigenvalue weighted by molar-refractivity contribution is 0.226. The van der Waals surface area contributed by atoms with Crippen molar-refractivity contribution in [3.8, 4) is 0 Å². The first-order chi connectivity index (χ1) is 10.9. The van der Waals surface area contributed by atoms with Crippen LogP contribution < -0.4 is 10.4 Å². The van der Waals surface area contributed by atoms with Gasteiger partial charge in [0, 0.05) is 7.11 Å². The summed E-state index contributed by atoms with van der Waals surface area (Å²) in [5.74, 6) is 0. The molecule has 122 valence electrons. The van der Waals surface area contributed by atoms with Crippen molar-refractivity contribution in [2.75, 3.05) is 13.7 Å². The van der Waals surface area contributed by atoms with Crippen molar-refractivity contribution < 1.29 is 4.74 Å². The zero-order chi connectivity index (χ0) is 16.9. The molecule has 0 atom stereocenters. The van der Waals surface area contributed by atoms with Crippen molar-refractivity contribution >= 4 is 18.4 Å². The zero-order valence-electron chi connectivity index (χ0n) is 15.0. The van der Waals surface area contributed by atoms with E-state index in [2.05, 4.69) is 94.1 Å². The van der Waals surface area contributed by atoms with E-state index in [-0.39, 0.29) is 5.04 Å². The normalized spacial score (nSPS) is 13.2. The van der Waals surface area contributed by atoms with E-state index in [9.17, 15) is 0 Å². The second kappa shape index (κ2) is 7.29. The van der Waals surface area contributed by atoms with Crippen LogP contribution in [-0.4, -0.2) is 21.8 Å². The lowest BCUT2D eigenvalue weighted by Crippen LogP contribution is -2.63. The SMILES string of the molecule is COC/C(C)=C/[Si](c1ccccc1)(c1ccccc1)C(C)(C)C. The number of ether oxygens (including phenoxy) is 1. The Morgan fingerprint density at radius 1 is 0.913 bits per heavy atom. The van der Waals surface area contributed by atoms with Crippen LogP contribution in [0.2, 0.25) is 5.04 Å². The van der Waals surface area contributed by atoms with E-state index in [4.69, 9.17) is 4.74 Å². The van der Waals surface area contributed by atoms with Crippen LogP contribution in [0.5, 0.6) is 0 Å². The zero-order valence-corrected chi connectivity index (χ0v) is 16.0. The van der Waals surface area contributed by atoms with Crippen LogP contribution in [-0.2, 0) is 4.74 Å². The minimum Gasteiger partial charge on any atom is -0.380 e. The quantitative estimate of drug-likeness (QED) is 0.750. The van der Waals surface area contributed by atoms with Crippen molar-refractivity contribution in [3.05, 3.63) is 71.9 Å². The van der Waals surface area contributed by atoms with E-state index in [1.807, 2.05) is 0 Å². The fourth-order valence-corrected chi connectivity index (χ4v) is 8.55. The van der Waals surface area contributed by atoms with Gasteiger partial charge in [0.15, 0.2) is 0 Å². The van der Waals surface area contributed by atoms with E-state index >= 15 is 0 Å². The van der Waals surface area contributed by atoms with Gasteiger partial charge in [-0.2, -0.15) is 0 Å². The maximum Gasteiger partial charge on any atom is 0.146 e. The topological polar surface area (TPSA) is 9.23 Å². The smallest absolute Gasteiger partial charge is 0.146 e. The van der Waals surface area contributed by atoms with E-state index < -0.39 is 8.07 Å². The molecule has 0 radical (unpaired) electrons. The summed E-state index contributed by atoms with van der Waals surface area (Å²) in [7, 11) is -0.325. The maximum absolute atomic E-state index is 5.39. The molecule has 2 aromatic carbocycles. The summed E-state index contributed by atoms with van der Waals surface area (Å²) >= 11 is 0. The molecule has 0 aromatic heterocycles.